The average Bonchev–Trinajstić information content (AvgIpc) is 2.82. The first-order valence-electron chi connectivity index (χ1n) is 11.6. The van der Waals surface area contributed by atoms with Gasteiger partial charge in [0.25, 0.3) is 0 Å². The third kappa shape index (κ3) is 8.68. The van der Waals surface area contributed by atoms with E-state index in [1.807, 2.05) is 11.0 Å². The van der Waals surface area contributed by atoms with Crippen molar-refractivity contribution in [2.75, 3.05) is 70.9 Å². The number of piperazine rings is 1. The molecule has 32 heavy (non-hydrogen) atoms. The normalized spacial score (nSPS) is 18.2. The second-order valence-corrected chi connectivity index (χ2v) is 8.47. The number of likely N-dealkylation sites (tertiary alicyclic amines) is 1. The summed E-state index contributed by atoms with van der Waals surface area (Å²) in [4.78, 5) is 32.0. The van der Waals surface area contributed by atoms with Crippen LogP contribution < -0.4 is 15.5 Å². The molecule has 0 saturated carbocycles. The Bertz CT molecular complexity index is 688. The summed E-state index contributed by atoms with van der Waals surface area (Å²) in [6.07, 6.45) is 7.71. The number of guanidine groups is 1. The zero-order chi connectivity index (χ0) is 21.9. The quantitative estimate of drug-likeness (QED) is 0.216. The van der Waals surface area contributed by atoms with Crippen molar-refractivity contribution in [2.24, 2.45) is 10.9 Å². The number of aromatic nitrogens is 2. The number of aliphatic imine (C=N–C) groups is 1. The summed E-state index contributed by atoms with van der Waals surface area (Å²) in [7, 11) is 1.77. The maximum atomic E-state index is 12.5. The minimum absolute atomic E-state index is 0. The van der Waals surface area contributed by atoms with Crippen LogP contribution in [0.2, 0.25) is 0 Å². The van der Waals surface area contributed by atoms with Crippen LogP contribution in [0.3, 0.4) is 0 Å². The van der Waals surface area contributed by atoms with Crippen LogP contribution in [-0.2, 0) is 4.79 Å². The van der Waals surface area contributed by atoms with Crippen molar-refractivity contribution in [1.29, 1.82) is 0 Å². The van der Waals surface area contributed by atoms with E-state index < -0.39 is 0 Å². The van der Waals surface area contributed by atoms with E-state index in [1.54, 1.807) is 19.4 Å². The topological polar surface area (TPSA) is 89.0 Å². The lowest BCUT2D eigenvalue weighted by Gasteiger charge is -2.34. The monoisotopic (exact) mass is 558 g/mol. The Morgan fingerprint density at radius 1 is 1.06 bits per heavy atom. The number of carbonyl (C=O) groups is 1. The number of amides is 1. The number of hydrogen-bond acceptors (Lipinski definition) is 6. The summed E-state index contributed by atoms with van der Waals surface area (Å²) in [6.45, 7) is 10.4. The van der Waals surface area contributed by atoms with Crippen molar-refractivity contribution in [3.63, 3.8) is 0 Å². The molecule has 180 valence electrons. The van der Waals surface area contributed by atoms with Gasteiger partial charge in [0.05, 0.1) is 0 Å². The molecule has 0 spiro atoms. The molecule has 1 aromatic heterocycles. The number of rotatable bonds is 8. The first-order chi connectivity index (χ1) is 15.2. The Morgan fingerprint density at radius 3 is 2.38 bits per heavy atom. The minimum atomic E-state index is 0. The number of halogens is 1. The van der Waals surface area contributed by atoms with Crippen LogP contribution in [-0.4, -0.2) is 97.6 Å². The highest BCUT2D eigenvalue weighted by Gasteiger charge is 2.22. The van der Waals surface area contributed by atoms with Gasteiger partial charge in [-0.15, -0.1) is 24.0 Å². The van der Waals surface area contributed by atoms with E-state index in [-0.39, 0.29) is 29.9 Å². The number of anilines is 1. The molecule has 3 heterocycles. The number of piperidine rings is 1. The van der Waals surface area contributed by atoms with Crippen LogP contribution in [0, 0.1) is 5.92 Å². The van der Waals surface area contributed by atoms with Crippen molar-refractivity contribution in [2.45, 2.75) is 32.6 Å². The van der Waals surface area contributed by atoms with Crippen LogP contribution in [0.4, 0.5) is 5.95 Å². The lowest BCUT2D eigenvalue weighted by atomic mass is 9.99. The summed E-state index contributed by atoms with van der Waals surface area (Å²) < 4.78 is 0. The second kappa shape index (κ2) is 14.5. The molecule has 0 aliphatic carbocycles. The van der Waals surface area contributed by atoms with Gasteiger partial charge in [-0.25, -0.2) is 9.97 Å². The van der Waals surface area contributed by atoms with Crippen LogP contribution in [0.5, 0.6) is 0 Å². The van der Waals surface area contributed by atoms with Crippen molar-refractivity contribution in [3.05, 3.63) is 18.5 Å². The molecule has 3 rings (SSSR count). The highest BCUT2D eigenvalue weighted by molar-refractivity contribution is 14.0. The Morgan fingerprint density at radius 2 is 1.72 bits per heavy atom. The Kier molecular flexibility index (Phi) is 12.0. The Hall–Kier alpha value is -1.69. The molecule has 2 aliphatic heterocycles. The van der Waals surface area contributed by atoms with Crippen molar-refractivity contribution in [1.82, 2.24) is 30.4 Å². The third-order valence-electron chi connectivity index (χ3n) is 6.14. The van der Waals surface area contributed by atoms with E-state index in [1.165, 1.54) is 25.9 Å². The minimum Gasteiger partial charge on any atom is -0.356 e. The zero-order valence-electron chi connectivity index (χ0n) is 19.5. The zero-order valence-corrected chi connectivity index (χ0v) is 21.8. The van der Waals surface area contributed by atoms with E-state index in [0.29, 0.717) is 26.1 Å². The summed E-state index contributed by atoms with van der Waals surface area (Å²) in [5, 5.41) is 6.63. The largest absolute Gasteiger partial charge is 0.356 e. The number of hydrogen-bond donors (Lipinski definition) is 2. The summed E-state index contributed by atoms with van der Waals surface area (Å²) in [5.41, 5.74) is 0. The molecule has 2 N–H and O–H groups in total. The lowest BCUT2D eigenvalue weighted by Crippen LogP contribution is -2.50. The number of nitrogens with zero attached hydrogens (tertiary/aromatic N) is 6. The van der Waals surface area contributed by atoms with Gasteiger partial charge in [0.1, 0.15) is 0 Å². The molecule has 0 aromatic carbocycles. The Labute approximate surface area is 209 Å². The van der Waals surface area contributed by atoms with Crippen molar-refractivity contribution >= 4 is 41.8 Å². The van der Waals surface area contributed by atoms with Gasteiger partial charge in [0.15, 0.2) is 5.96 Å². The number of carbonyl (C=O) groups excluding carboxylic acids is 1. The van der Waals surface area contributed by atoms with Crippen LogP contribution in [0.25, 0.3) is 0 Å². The third-order valence-corrected chi connectivity index (χ3v) is 6.14. The van der Waals surface area contributed by atoms with E-state index in [2.05, 4.69) is 42.3 Å². The molecule has 0 bridgehead atoms. The van der Waals surface area contributed by atoms with Crippen LogP contribution >= 0.6 is 24.0 Å². The number of nitrogens with one attached hydrogen (secondary N) is 2. The second-order valence-electron chi connectivity index (χ2n) is 8.47. The van der Waals surface area contributed by atoms with Gasteiger partial charge >= 0.3 is 0 Å². The molecule has 1 aromatic rings. The fourth-order valence-electron chi connectivity index (χ4n) is 4.07. The SMILES string of the molecule is CN=C(NCCCN1CCC(C)CC1)NCCC(=O)N1CCN(c2ncccn2)CC1.I. The predicted octanol–water partition coefficient (Wildman–Crippen LogP) is 1.42. The molecular weight excluding hydrogens is 519 g/mol. The molecule has 2 saturated heterocycles. The van der Waals surface area contributed by atoms with Gasteiger partial charge in [0.2, 0.25) is 11.9 Å². The fourth-order valence-corrected chi connectivity index (χ4v) is 4.07. The van der Waals surface area contributed by atoms with Gasteiger partial charge in [0, 0.05) is 65.1 Å². The summed E-state index contributed by atoms with van der Waals surface area (Å²) >= 11 is 0. The molecule has 10 heteroatoms. The Balaban J connectivity index is 0.00000363. The van der Waals surface area contributed by atoms with Gasteiger partial charge in [-0.3, -0.25) is 9.79 Å². The van der Waals surface area contributed by atoms with Crippen LogP contribution in [0.15, 0.2) is 23.5 Å². The van der Waals surface area contributed by atoms with Crippen molar-refractivity contribution in [3.8, 4) is 0 Å². The summed E-state index contributed by atoms with van der Waals surface area (Å²) in [6, 6.07) is 1.81. The molecule has 1 amide bonds. The van der Waals surface area contributed by atoms with Gasteiger partial charge in [-0.1, -0.05) is 6.92 Å². The van der Waals surface area contributed by atoms with E-state index >= 15 is 0 Å². The van der Waals surface area contributed by atoms with Gasteiger partial charge in [-0.2, -0.15) is 0 Å². The van der Waals surface area contributed by atoms with Crippen molar-refractivity contribution < 1.29 is 4.79 Å². The predicted molar refractivity (Wildman–Crippen MR) is 140 cm³/mol. The first-order valence-corrected chi connectivity index (χ1v) is 11.6. The first kappa shape index (κ1) is 26.6. The average molecular weight is 559 g/mol. The highest BCUT2D eigenvalue weighted by Crippen LogP contribution is 2.15. The van der Waals surface area contributed by atoms with Gasteiger partial charge < -0.3 is 25.3 Å². The van der Waals surface area contributed by atoms with Gasteiger partial charge in [-0.05, 0) is 50.9 Å². The lowest BCUT2D eigenvalue weighted by molar-refractivity contribution is -0.131. The molecule has 0 unspecified atom stereocenters. The molecular formula is C22H39IN8O. The molecule has 2 fully saturated rings. The molecule has 0 atom stereocenters. The molecule has 2 aliphatic rings. The maximum absolute atomic E-state index is 12.5. The smallest absolute Gasteiger partial charge is 0.225 e. The fraction of sp³-hybridized carbons (Fsp3) is 0.727. The highest BCUT2D eigenvalue weighted by atomic mass is 127. The summed E-state index contributed by atoms with van der Waals surface area (Å²) in [5.74, 6) is 2.56. The molecule has 0 radical (unpaired) electrons. The maximum Gasteiger partial charge on any atom is 0.225 e. The van der Waals surface area contributed by atoms with E-state index in [4.69, 9.17) is 0 Å². The van der Waals surface area contributed by atoms with E-state index in [9.17, 15) is 4.79 Å². The van der Waals surface area contributed by atoms with Crippen LogP contribution in [0.1, 0.15) is 32.6 Å². The standard InChI is InChI=1S/C22H38N8O.HI/c1-19-6-13-28(14-7-19)12-4-10-24-21(23-2)25-11-5-20(31)29-15-17-30(18-16-29)22-26-8-3-9-27-22;/h3,8-9,19H,4-7,10-18H2,1-2H3,(H2,23,24,25);1H. The molecule has 9 nitrogen and oxygen atoms in total. The van der Waals surface area contributed by atoms with E-state index in [0.717, 1.165) is 50.4 Å².